The van der Waals surface area contributed by atoms with Crippen molar-refractivity contribution in [2.24, 2.45) is 0 Å². The number of aromatic carboxylic acids is 1. The van der Waals surface area contributed by atoms with E-state index in [1.54, 1.807) is 0 Å². The number of hydrogen-bond acceptors (Lipinski definition) is 4. The van der Waals surface area contributed by atoms with Crippen LogP contribution in [0.15, 0.2) is 18.2 Å². The first kappa shape index (κ1) is 15.6. The standard InChI is InChI=1S/C13H17ClN4O3/c1-17-4-6-18(7-5-17)16-13(21)15-11-8-9(12(19)20)2-3-10(11)14/h2-3,8H,4-7H2,1H3,(H,19,20)(H2,15,16,21). The van der Waals surface area contributed by atoms with Gasteiger partial charge in [0.25, 0.3) is 0 Å². The second kappa shape index (κ2) is 6.75. The second-order valence-electron chi connectivity index (χ2n) is 4.86. The third kappa shape index (κ3) is 4.32. The average Bonchev–Trinajstić information content (AvgIpc) is 2.43. The van der Waals surface area contributed by atoms with Gasteiger partial charge in [0.15, 0.2) is 0 Å². The molecule has 1 aromatic carbocycles. The molecule has 2 amide bonds. The molecule has 1 aliphatic rings. The molecule has 0 spiro atoms. The normalized spacial score (nSPS) is 16.5. The van der Waals surface area contributed by atoms with Crippen LogP contribution in [0.25, 0.3) is 0 Å². The fourth-order valence-electron chi connectivity index (χ4n) is 1.97. The number of anilines is 1. The average molecular weight is 313 g/mol. The summed E-state index contributed by atoms with van der Waals surface area (Å²) in [6.45, 7) is 3.20. The number of hydrogen-bond donors (Lipinski definition) is 3. The molecule has 3 N–H and O–H groups in total. The summed E-state index contributed by atoms with van der Waals surface area (Å²) in [5.74, 6) is -1.07. The highest BCUT2D eigenvalue weighted by atomic mass is 35.5. The summed E-state index contributed by atoms with van der Waals surface area (Å²) in [5.41, 5.74) is 3.05. The van der Waals surface area contributed by atoms with Crippen molar-refractivity contribution < 1.29 is 14.7 Å². The van der Waals surface area contributed by atoms with Crippen LogP contribution < -0.4 is 10.7 Å². The lowest BCUT2D eigenvalue weighted by Gasteiger charge is -2.32. The van der Waals surface area contributed by atoms with Crippen LogP contribution in [0.3, 0.4) is 0 Å². The third-order valence-corrected chi connectivity index (χ3v) is 3.55. The highest BCUT2D eigenvalue weighted by Crippen LogP contribution is 2.23. The molecule has 0 unspecified atom stereocenters. The summed E-state index contributed by atoms with van der Waals surface area (Å²) in [5, 5.41) is 13.6. The molecule has 0 radical (unpaired) electrons. The van der Waals surface area contributed by atoms with Gasteiger partial charge < -0.3 is 15.3 Å². The predicted molar refractivity (Wildman–Crippen MR) is 79.6 cm³/mol. The van der Waals surface area contributed by atoms with Crippen LogP contribution >= 0.6 is 11.6 Å². The molecule has 0 atom stereocenters. The molecule has 8 heteroatoms. The Bertz CT molecular complexity index is 544. The zero-order chi connectivity index (χ0) is 15.4. The SMILES string of the molecule is CN1CCN(NC(=O)Nc2cc(C(=O)O)ccc2Cl)CC1. The molecule has 1 fully saturated rings. The lowest BCUT2D eigenvalue weighted by molar-refractivity contribution is 0.0697. The minimum atomic E-state index is -1.07. The number of carboxylic acids is 1. The summed E-state index contributed by atoms with van der Waals surface area (Å²) >= 11 is 5.95. The van der Waals surface area contributed by atoms with Gasteiger partial charge in [0.1, 0.15) is 0 Å². The summed E-state index contributed by atoms with van der Waals surface area (Å²) in [6.07, 6.45) is 0. The van der Waals surface area contributed by atoms with E-state index in [2.05, 4.69) is 15.6 Å². The summed E-state index contributed by atoms with van der Waals surface area (Å²) in [4.78, 5) is 25.0. The van der Waals surface area contributed by atoms with Gasteiger partial charge in [0.05, 0.1) is 16.3 Å². The molecule has 21 heavy (non-hydrogen) atoms. The van der Waals surface area contributed by atoms with Gasteiger partial charge in [-0.05, 0) is 25.2 Å². The number of hydrazine groups is 1. The number of carbonyl (C=O) groups excluding carboxylic acids is 1. The maximum absolute atomic E-state index is 11.9. The Morgan fingerprint density at radius 1 is 1.24 bits per heavy atom. The van der Waals surface area contributed by atoms with Gasteiger partial charge in [-0.1, -0.05) is 11.6 Å². The van der Waals surface area contributed by atoms with E-state index in [-0.39, 0.29) is 16.3 Å². The van der Waals surface area contributed by atoms with E-state index in [4.69, 9.17) is 16.7 Å². The molecule has 2 rings (SSSR count). The number of urea groups is 1. The molecule has 1 saturated heterocycles. The molecule has 0 aliphatic carbocycles. The molecule has 0 saturated carbocycles. The van der Waals surface area contributed by atoms with Crippen LogP contribution in [-0.4, -0.2) is 60.2 Å². The monoisotopic (exact) mass is 312 g/mol. The van der Waals surface area contributed by atoms with E-state index in [1.807, 2.05) is 12.1 Å². The highest BCUT2D eigenvalue weighted by molar-refractivity contribution is 6.33. The first-order chi connectivity index (χ1) is 9.95. The second-order valence-corrected chi connectivity index (χ2v) is 5.26. The van der Waals surface area contributed by atoms with Crippen molar-refractivity contribution in [3.05, 3.63) is 28.8 Å². The molecule has 114 valence electrons. The van der Waals surface area contributed by atoms with Gasteiger partial charge >= 0.3 is 12.0 Å². The summed E-state index contributed by atoms with van der Waals surface area (Å²) in [7, 11) is 2.02. The van der Waals surface area contributed by atoms with Crippen molar-refractivity contribution in [3.63, 3.8) is 0 Å². The summed E-state index contributed by atoms with van der Waals surface area (Å²) < 4.78 is 0. The predicted octanol–water partition coefficient (Wildman–Crippen LogP) is 1.32. The van der Waals surface area contributed by atoms with E-state index in [0.29, 0.717) is 0 Å². The number of nitrogens with zero attached hydrogens (tertiary/aromatic N) is 2. The number of nitrogens with one attached hydrogen (secondary N) is 2. The van der Waals surface area contributed by atoms with Crippen LogP contribution in [-0.2, 0) is 0 Å². The Morgan fingerprint density at radius 3 is 2.52 bits per heavy atom. The van der Waals surface area contributed by atoms with Gasteiger partial charge in [-0.25, -0.2) is 14.6 Å². The lowest BCUT2D eigenvalue weighted by Crippen LogP contribution is -2.53. The first-order valence-electron chi connectivity index (χ1n) is 6.49. The fraction of sp³-hybridized carbons (Fsp3) is 0.385. The zero-order valence-corrected chi connectivity index (χ0v) is 12.4. The van der Waals surface area contributed by atoms with Crippen molar-refractivity contribution in [1.29, 1.82) is 0 Å². The quantitative estimate of drug-likeness (QED) is 0.784. The maximum Gasteiger partial charge on any atom is 0.335 e. The Labute approximate surface area is 127 Å². The topological polar surface area (TPSA) is 84.9 Å². The van der Waals surface area contributed by atoms with Crippen molar-refractivity contribution in [2.75, 3.05) is 38.5 Å². The Morgan fingerprint density at radius 2 is 1.90 bits per heavy atom. The van der Waals surface area contributed by atoms with Crippen molar-refractivity contribution in [1.82, 2.24) is 15.3 Å². The van der Waals surface area contributed by atoms with Gasteiger partial charge in [-0.15, -0.1) is 0 Å². The van der Waals surface area contributed by atoms with Gasteiger partial charge in [-0.2, -0.15) is 0 Å². The molecular weight excluding hydrogens is 296 g/mol. The van der Waals surface area contributed by atoms with Crippen molar-refractivity contribution in [2.45, 2.75) is 0 Å². The molecular formula is C13H17ClN4O3. The molecule has 1 aromatic rings. The van der Waals surface area contributed by atoms with Gasteiger partial charge in [0.2, 0.25) is 0 Å². The fourth-order valence-corrected chi connectivity index (χ4v) is 2.13. The summed E-state index contributed by atoms with van der Waals surface area (Å²) in [6, 6.07) is 3.71. The highest BCUT2D eigenvalue weighted by Gasteiger charge is 2.16. The van der Waals surface area contributed by atoms with E-state index >= 15 is 0 Å². The van der Waals surface area contributed by atoms with Crippen LogP contribution in [0.5, 0.6) is 0 Å². The van der Waals surface area contributed by atoms with E-state index in [0.717, 1.165) is 26.2 Å². The van der Waals surface area contributed by atoms with E-state index < -0.39 is 12.0 Å². The number of carbonyl (C=O) groups is 2. The number of carboxylic acid groups (broad SMARTS) is 1. The zero-order valence-electron chi connectivity index (χ0n) is 11.6. The minimum absolute atomic E-state index is 0.0642. The van der Waals surface area contributed by atoms with Crippen LogP contribution in [0.4, 0.5) is 10.5 Å². The number of piperazine rings is 1. The minimum Gasteiger partial charge on any atom is -0.478 e. The number of benzene rings is 1. The Balaban J connectivity index is 1.96. The van der Waals surface area contributed by atoms with Crippen LogP contribution in [0, 0.1) is 0 Å². The first-order valence-corrected chi connectivity index (χ1v) is 6.87. The number of halogens is 1. The third-order valence-electron chi connectivity index (χ3n) is 3.22. The Hall–Kier alpha value is -1.83. The van der Waals surface area contributed by atoms with E-state index in [1.165, 1.54) is 18.2 Å². The number of likely N-dealkylation sites (N-methyl/N-ethyl adjacent to an activating group) is 1. The van der Waals surface area contributed by atoms with E-state index in [9.17, 15) is 9.59 Å². The maximum atomic E-state index is 11.9. The molecule has 0 aromatic heterocycles. The number of amides is 2. The lowest BCUT2D eigenvalue weighted by atomic mass is 10.2. The van der Waals surface area contributed by atoms with Gasteiger partial charge in [0, 0.05) is 26.2 Å². The van der Waals surface area contributed by atoms with Crippen molar-refractivity contribution in [3.8, 4) is 0 Å². The Kier molecular flexibility index (Phi) is 5.00. The smallest absolute Gasteiger partial charge is 0.335 e. The van der Waals surface area contributed by atoms with Crippen LogP contribution in [0.1, 0.15) is 10.4 Å². The molecule has 7 nitrogen and oxygen atoms in total. The van der Waals surface area contributed by atoms with Crippen LogP contribution in [0.2, 0.25) is 5.02 Å². The molecule has 0 bridgehead atoms. The van der Waals surface area contributed by atoms with Crippen molar-refractivity contribution >= 4 is 29.3 Å². The largest absolute Gasteiger partial charge is 0.478 e. The molecule has 1 aliphatic heterocycles. The molecule has 1 heterocycles. The van der Waals surface area contributed by atoms with Gasteiger partial charge in [-0.3, -0.25) is 5.43 Å². The number of rotatable bonds is 3.